The normalized spacial score (nSPS) is 19.6. The zero-order valence-electron chi connectivity index (χ0n) is 9.61. The van der Waals surface area contributed by atoms with Gasteiger partial charge in [0.2, 0.25) is 0 Å². The molecule has 1 rings (SSSR count). The van der Waals surface area contributed by atoms with E-state index in [2.05, 4.69) is 0 Å². The summed E-state index contributed by atoms with van der Waals surface area (Å²) in [5.41, 5.74) is 0. The van der Waals surface area contributed by atoms with Crippen molar-refractivity contribution in [3.8, 4) is 0 Å². The summed E-state index contributed by atoms with van der Waals surface area (Å²) in [6.07, 6.45) is 0.715. The number of hydrogen-bond donors (Lipinski definition) is 6. The molecule has 6 N–H and O–H groups in total. The summed E-state index contributed by atoms with van der Waals surface area (Å²) >= 11 is 0. The fourth-order valence-corrected chi connectivity index (χ4v) is 1.41. The average molecular weight is 288 g/mol. The van der Waals surface area contributed by atoms with Crippen LogP contribution in [0.3, 0.4) is 0 Å². The summed E-state index contributed by atoms with van der Waals surface area (Å²) in [5, 5.41) is 0. The lowest BCUT2D eigenvalue weighted by atomic mass is 10.5. The lowest BCUT2D eigenvalue weighted by molar-refractivity contribution is 0.113. The molecule has 104 valence electrons. The summed E-state index contributed by atoms with van der Waals surface area (Å²) in [5.74, 6) is 0. The standard InChI is InChI=1S/C6H14O5Si.CH6O3Si/c7-12(8,9)3-1-2-10-4-6-5-11-6;1-5(2,3)4/h6-9H,1-5H2;2-4H,1H3. The SMILES string of the molecule is C[Si](O)(O)O.O[Si](O)(O)CCCOCC1CO1. The molecule has 0 spiro atoms. The van der Waals surface area contributed by atoms with E-state index >= 15 is 0 Å². The molecule has 1 saturated heterocycles. The number of hydrogen-bond acceptors (Lipinski definition) is 8. The van der Waals surface area contributed by atoms with E-state index in [0.717, 1.165) is 13.2 Å². The molecule has 0 saturated carbocycles. The van der Waals surface area contributed by atoms with Crippen LogP contribution in [-0.2, 0) is 9.47 Å². The molecule has 0 aromatic carbocycles. The summed E-state index contributed by atoms with van der Waals surface area (Å²) in [6, 6.07) is 0.0402. The van der Waals surface area contributed by atoms with E-state index in [1.54, 1.807) is 0 Å². The highest BCUT2D eigenvalue weighted by Gasteiger charge is 2.26. The van der Waals surface area contributed by atoms with Gasteiger partial charge in [0.05, 0.1) is 13.2 Å². The van der Waals surface area contributed by atoms with E-state index in [1.807, 2.05) is 0 Å². The van der Waals surface area contributed by atoms with E-state index < -0.39 is 17.6 Å². The first kappa shape index (κ1) is 17.1. The summed E-state index contributed by atoms with van der Waals surface area (Å²) in [6.45, 7) is 2.76. The van der Waals surface area contributed by atoms with Gasteiger partial charge in [-0.25, -0.2) is 0 Å². The van der Waals surface area contributed by atoms with E-state index in [9.17, 15) is 0 Å². The highest BCUT2D eigenvalue weighted by atomic mass is 28.4. The van der Waals surface area contributed by atoms with Crippen molar-refractivity contribution in [1.82, 2.24) is 0 Å². The molecule has 1 aliphatic heterocycles. The van der Waals surface area contributed by atoms with Crippen molar-refractivity contribution in [3.63, 3.8) is 0 Å². The first-order valence-corrected chi connectivity index (χ1v) is 9.50. The number of rotatable bonds is 6. The van der Waals surface area contributed by atoms with Gasteiger partial charge in [0.15, 0.2) is 0 Å². The Morgan fingerprint density at radius 2 is 1.65 bits per heavy atom. The van der Waals surface area contributed by atoms with Crippen LogP contribution in [-0.4, -0.2) is 72.3 Å². The van der Waals surface area contributed by atoms with E-state index in [0.29, 0.717) is 19.6 Å². The first-order valence-electron chi connectivity index (χ1n) is 5.11. The fraction of sp³-hybridized carbons (Fsp3) is 1.00. The predicted octanol–water partition coefficient (Wildman–Crippen LogP) is -2.76. The molecule has 0 aromatic rings. The number of ether oxygens (including phenoxy) is 2. The van der Waals surface area contributed by atoms with Crippen molar-refractivity contribution < 1.29 is 38.2 Å². The summed E-state index contributed by atoms with van der Waals surface area (Å²) in [7, 11) is -7.44. The first-order chi connectivity index (χ1) is 7.58. The molecule has 1 heterocycles. The maximum Gasteiger partial charge on any atom is 0.492 e. The molecular weight excluding hydrogens is 268 g/mol. The molecule has 0 bridgehead atoms. The maximum absolute atomic E-state index is 8.61. The molecule has 17 heavy (non-hydrogen) atoms. The van der Waals surface area contributed by atoms with Crippen LogP contribution in [0.2, 0.25) is 12.6 Å². The maximum atomic E-state index is 8.61. The van der Waals surface area contributed by atoms with Gasteiger partial charge in [0.1, 0.15) is 6.10 Å². The van der Waals surface area contributed by atoms with Crippen LogP contribution in [0.25, 0.3) is 0 Å². The van der Waals surface area contributed by atoms with Crippen LogP contribution in [0.15, 0.2) is 0 Å². The molecule has 1 atom stereocenters. The van der Waals surface area contributed by atoms with Crippen molar-refractivity contribution in [2.75, 3.05) is 19.8 Å². The van der Waals surface area contributed by atoms with Crippen molar-refractivity contribution in [3.05, 3.63) is 0 Å². The van der Waals surface area contributed by atoms with Gasteiger partial charge in [-0.2, -0.15) is 0 Å². The number of epoxide rings is 1. The molecule has 1 fully saturated rings. The van der Waals surface area contributed by atoms with Gasteiger partial charge in [-0.15, -0.1) is 0 Å². The second-order valence-electron chi connectivity index (χ2n) is 3.88. The van der Waals surface area contributed by atoms with E-state index in [1.165, 1.54) is 0 Å². The van der Waals surface area contributed by atoms with Gasteiger partial charge in [-0.05, 0) is 6.42 Å². The zero-order valence-corrected chi connectivity index (χ0v) is 11.6. The molecule has 10 heteroatoms. The van der Waals surface area contributed by atoms with Gasteiger partial charge in [-0.1, -0.05) is 0 Å². The van der Waals surface area contributed by atoms with E-state index in [-0.39, 0.29) is 12.1 Å². The second kappa shape index (κ2) is 7.53. The Morgan fingerprint density at radius 1 is 1.18 bits per heavy atom. The summed E-state index contributed by atoms with van der Waals surface area (Å²) < 4.78 is 10.0. The monoisotopic (exact) mass is 288 g/mol. The van der Waals surface area contributed by atoms with Crippen molar-refractivity contribution in [2.24, 2.45) is 0 Å². The third-order valence-electron chi connectivity index (χ3n) is 1.51. The van der Waals surface area contributed by atoms with Crippen molar-refractivity contribution in [2.45, 2.75) is 25.1 Å². The third-order valence-corrected chi connectivity index (χ3v) is 2.53. The lowest BCUT2D eigenvalue weighted by Gasteiger charge is -2.08. The van der Waals surface area contributed by atoms with Gasteiger partial charge >= 0.3 is 17.6 Å². The Kier molecular flexibility index (Phi) is 7.58. The average Bonchev–Trinajstić information content (AvgIpc) is 2.81. The zero-order chi connectivity index (χ0) is 13.5. The van der Waals surface area contributed by atoms with Gasteiger partial charge in [0.25, 0.3) is 0 Å². The molecule has 8 nitrogen and oxygen atoms in total. The van der Waals surface area contributed by atoms with Crippen LogP contribution in [0, 0.1) is 0 Å². The Balaban J connectivity index is 0.000000437. The quantitative estimate of drug-likeness (QED) is 0.175. The topological polar surface area (TPSA) is 143 Å². The van der Waals surface area contributed by atoms with Crippen LogP contribution in [0.4, 0.5) is 0 Å². The Morgan fingerprint density at radius 3 is 2.00 bits per heavy atom. The Labute approximate surface area is 101 Å². The molecule has 1 unspecified atom stereocenters. The molecule has 0 aromatic heterocycles. The molecule has 0 radical (unpaired) electrons. The van der Waals surface area contributed by atoms with Gasteiger partial charge < -0.3 is 38.2 Å². The summed E-state index contributed by atoms with van der Waals surface area (Å²) in [4.78, 5) is 49.1. The minimum absolute atomic E-state index is 0.0402. The second-order valence-corrected chi connectivity index (χ2v) is 7.87. The van der Waals surface area contributed by atoms with Crippen molar-refractivity contribution >= 4 is 17.6 Å². The van der Waals surface area contributed by atoms with Crippen LogP contribution in [0.1, 0.15) is 6.42 Å². The smallest absolute Gasteiger partial charge is 0.390 e. The lowest BCUT2D eigenvalue weighted by Crippen LogP contribution is -2.34. The largest absolute Gasteiger partial charge is 0.492 e. The Bertz CT molecular complexity index is 191. The van der Waals surface area contributed by atoms with Crippen molar-refractivity contribution in [1.29, 1.82) is 0 Å². The fourth-order valence-electron chi connectivity index (χ4n) is 0.790. The third kappa shape index (κ3) is 21.9. The predicted molar refractivity (Wildman–Crippen MR) is 60.7 cm³/mol. The minimum Gasteiger partial charge on any atom is -0.390 e. The Hall–Kier alpha value is 0.114. The van der Waals surface area contributed by atoms with Crippen LogP contribution >= 0.6 is 0 Å². The van der Waals surface area contributed by atoms with Gasteiger partial charge in [0, 0.05) is 19.2 Å². The molecule has 1 aliphatic rings. The highest BCUT2D eigenvalue weighted by Crippen LogP contribution is 2.09. The van der Waals surface area contributed by atoms with Crippen LogP contribution in [0.5, 0.6) is 0 Å². The molecule has 0 amide bonds. The highest BCUT2D eigenvalue weighted by molar-refractivity contribution is 6.56. The van der Waals surface area contributed by atoms with Gasteiger partial charge in [-0.3, -0.25) is 0 Å². The minimum atomic E-state index is -3.83. The molecule has 0 aliphatic carbocycles. The van der Waals surface area contributed by atoms with Crippen LogP contribution < -0.4 is 0 Å². The molecular formula is C7H20O8Si2. The van der Waals surface area contributed by atoms with E-state index in [4.69, 9.17) is 38.2 Å².